The van der Waals surface area contributed by atoms with Crippen LogP contribution in [0.3, 0.4) is 0 Å². The van der Waals surface area contributed by atoms with Crippen molar-refractivity contribution < 1.29 is 9.50 Å². The van der Waals surface area contributed by atoms with Crippen LogP contribution >= 0.6 is 0 Å². The van der Waals surface area contributed by atoms with E-state index >= 15 is 0 Å². The minimum Gasteiger partial charge on any atom is -0.394 e. The third-order valence-corrected chi connectivity index (χ3v) is 2.42. The van der Waals surface area contributed by atoms with Crippen LogP contribution in [0, 0.1) is 5.82 Å². The highest BCUT2D eigenvalue weighted by atomic mass is 19.1. The molecule has 0 heterocycles. The van der Waals surface area contributed by atoms with E-state index in [4.69, 9.17) is 10.8 Å². The fourth-order valence-corrected chi connectivity index (χ4v) is 1.54. The van der Waals surface area contributed by atoms with Gasteiger partial charge >= 0.3 is 0 Å². The Balaban J connectivity index is 3.27. The first-order chi connectivity index (χ1) is 6.53. The van der Waals surface area contributed by atoms with E-state index in [-0.39, 0.29) is 12.4 Å². The molecular formula is C11H16FNO. The van der Waals surface area contributed by atoms with Crippen molar-refractivity contribution in [2.45, 2.75) is 25.8 Å². The van der Waals surface area contributed by atoms with Crippen LogP contribution in [0.15, 0.2) is 18.2 Å². The summed E-state index contributed by atoms with van der Waals surface area (Å²) in [6.45, 7) is 3.37. The van der Waals surface area contributed by atoms with Gasteiger partial charge in [-0.3, -0.25) is 0 Å². The standard InChI is InChI=1S/C11H16FNO/c1-3-8-9(11(2,13)7-14)5-4-6-10(8)12/h4-6,14H,3,7,13H2,1-2H3/t11-/m1/s1. The third-order valence-electron chi connectivity index (χ3n) is 2.42. The molecule has 0 aliphatic heterocycles. The fraction of sp³-hybridized carbons (Fsp3) is 0.455. The summed E-state index contributed by atoms with van der Waals surface area (Å²) >= 11 is 0. The summed E-state index contributed by atoms with van der Waals surface area (Å²) in [5, 5.41) is 9.11. The Labute approximate surface area is 83.6 Å². The molecule has 0 bridgehead atoms. The van der Waals surface area contributed by atoms with E-state index in [1.165, 1.54) is 6.07 Å². The van der Waals surface area contributed by atoms with Crippen molar-refractivity contribution in [3.05, 3.63) is 35.1 Å². The molecule has 0 radical (unpaired) electrons. The first-order valence-corrected chi connectivity index (χ1v) is 4.70. The van der Waals surface area contributed by atoms with Gasteiger partial charge in [0, 0.05) is 0 Å². The summed E-state index contributed by atoms with van der Waals surface area (Å²) < 4.78 is 13.4. The summed E-state index contributed by atoms with van der Waals surface area (Å²) in [6, 6.07) is 4.79. The molecule has 0 unspecified atom stereocenters. The maximum atomic E-state index is 13.4. The first kappa shape index (κ1) is 11.1. The van der Waals surface area contributed by atoms with Gasteiger partial charge in [-0.2, -0.15) is 0 Å². The van der Waals surface area contributed by atoms with Crippen molar-refractivity contribution in [1.29, 1.82) is 0 Å². The van der Waals surface area contributed by atoms with Gasteiger partial charge in [0.05, 0.1) is 12.1 Å². The third kappa shape index (κ3) is 1.94. The molecule has 0 saturated carbocycles. The molecule has 0 fully saturated rings. The molecule has 0 saturated heterocycles. The van der Waals surface area contributed by atoms with Gasteiger partial charge < -0.3 is 10.8 Å². The number of nitrogens with two attached hydrogens (primary N) is 1. The van der Waals surface area contributed by atoms with Gasteiger partial charge in [0.2, 0.25) is 0 Å². The lowest BCUT2D eigenvalue weighted by molar-refractivity contribution is 0.209. The second-order valence-corrected chi connectivity index (χ2v) is 3.70. The number of aliphatic hydroxyl groups excluding tert-OH is 1. The van der Waals surface area contributed by atoms with E-state index in [1.54, 1.807) is 19.1 Å². The SMILES string of the molecule is CCc1c(F)cccc1[C@](C)(N)CO. The van der Waals surface area contributed by atoms with Crippen molar-refractivity contribution in [3.8, 4) is 0 Å². The number of halogens is 1. The fourth-order valence-electron chi connectivity index (χ4n) is 1.54. The van der Waals surface area contributed by atoms with E-state index in [1.807, 2.05) is 6.92 Å². The van der Waals surface area contributed by atoms with E-state index in [0.29, 0.717) is 17.5 Å². The van der Waals surface area contributed by atoms with Crippen molar-refractivity contribution in [1.82, 2.24) is 0 Å². The second-order valence-electron chi connectivity index (χ2n) is 3.70. The molecule has 1 aromatic rings. The van der Waals surface area contributed by atoms with Gasteiger partial charge in [0.1, 0.15) is 5.82 Å². The van der Waals surface area contributed by atoms with Crippen LogP contribution in [0.2, 0.25) is 0 Å². The molecular weight excluding hydrogens is 181 g/mol. The molecule has 0 spiro atoms. The average molecular weight is 197 g/mol. The van der Waals surface area contributed by atoms with Crippen LogP contribution in [0.5, 0.6) is 0 Å². The van der Waals surface area contributed by atoms with Gasteiger partial charge in [-0.15, -0.1) is 0 Å². The van der Waals surface area contributed by atoms with Crippen molar-refractivity contribution in [3.63, 3.8) is 0 Å². The van der Waals surface area contributed by atoms with Crippen LogP contribution in [0.25, 0.3) is 0 Å². The Hall–Kier alpha value is -0.930. The molecule has 14 heavy (non-hydrogen) atoms. The predicted octanol–water partition coefficient (Wildman–Crippen LogP) is 1.55. The highest BCUT2D eigenvalue weighted by molar-refractivity contribution is 5.34. The molecule has 0 aliphatic rings. The zero-order valence-electron chi connectivity index (χ0n) is 8.55. The Morgan fingerprint density at radius 1 is 1.50 bits per heavy atom. The zero-order chi connectivity index (χ0) is 10.8. The lowest BCUT2D eigenvalue weighted by atomic mass is 9.88. The van der Waals surface area contributed by atoms with Crippen LogP contribution in [-0.2, 0) is 12.0 Å². The Bertz CT molecular complexity index is 323. The highest BCUT2D eigenvalue weighted by Gasteiger charge is 2.23. The molecule has 3 N–H and O–H groups in total. The van der Waals surface area contributed by atoms with E-state index in [9.17, 15) is 4.39 Å². The minimum absolute atomic E-state index is 0.191. The molecule has 0 amide bonds. The maximum absolute atomic E-state index is 13.4. The topological polar surface area (TPSA) is 46.2 Å². The van der Waals surface area contributed by atoms with Gasteiger partial charge in [-0.05, 0) is 30.5 Å². The largest absolute Gasteiger partial charge is 0.394 e. The number of aliphatic hydroxyl groups is 1. The van der Waals surface area contributed by atoms with E-state index in [2.05, 4.69) is 0 Å². The Morgan fingerprint density at radius 3 is 2.64 bits per heavy atom. The Kier molecular flexibility index (Phi) is 3.24. The normalized spacial score (nSPS) is 15.2. The van der Waals surface area contributed by atoms with Crippen LogP contribution in [0.4, 0.5) is 4.39 Å². The van der Waals surface area contributed by atoms with Gasteiger partial charge in [-0.1, -0.05) is 19.1 Å². The summed E-state index contributed by atoms with van der Waals surface area (Å²) in [4.78, 5) is 0. The van der Waals surface area contributed by atoms with Crippen molar-refractivity contribution >= 4 is 0 Å². The van der Waals surface area contributed by atoms with Crippen molar-refractivity contribution in [2.24, 2.45) is 5.73 Å². The van der Waals surface area contributed by atoms with Gasteiger partial charge in [0.25, 0.3) is 0 Å². The number of rotatable bonds is 3. The quantitative estimate of drug-likeness (QED) is 0.772. The summed E-state index contributed by atoms with van der Waals surface area (Å²) in [6.07, 6.45) is 0.578. The lowest BCUT2D eigenvalue weighted by Crippen LogP contribution is -2.38. The van der Waals surface area contributed by atoms with E-state index in [0.717, 1.165) is 0 Å². The predicted molar refractivity (Wildman–Crippen MR) is 54.4 cm³/mol. The lowest BCUT2D eigenvalue weighted by Gasteiger charge is -2.25. The molecule has 1 aromatic carbocycles. The molecule has 3 heteroatoms. The monoisotopic (exact) mass is 197 g/mol. The zero-order valence-corrected chi connectivity index (χ0v) is 8.55. The number of benzene rings is 1. The summed E-state index contributed by atoms with van der Waals surface area (Å²) in [7, 11) is 0. The minimum atomic E-state index is -0.868. The average Bonchev–Trinajstić information content (AvgIpc) is 2.17. The second kappa shape index (κ2) is 4.07. The smallest absolute Gasteiger partial charge is 0.126 e. The molecule has 1 atom stereocenters. The molecule has 2 nitrogen and oxygen atoms in total. The van der Waals surface area contributed by atoms with Crippen molar-refractivity contribution in [2.75, 3.05) is 6.61 Å². The van der Waals surface area contributed by atoms with Gasteiger partial charge in [0.15, 0.2) is 0 Å². The summed E-state index contributed by atoms with van der Waals surface area (Å²) in [5.74, 6) is -0.255. The number of hydrogen-bond acceptors (Lipinski definition) is 2. The van der Waals surface area contributed by atoms with E-state index < -0.39 is 5.54 Å². The molecule has 78 valence electrons. The molecule has 0 aromatic heterocycles. The Morgan fingerprint density at radius 2 is 2.14 bits per heavy atom. The van der Waals surface area contributed by atoms with Crippen LogP contribution < -0.4 is 5.73 Å². The summed E-state index contributed by atoms with van der Waals surface area (Å²) in [5.41, 5.74) is 6.27. The number of hydrogen-bond donors (Lipinski definition) is 2. The van der Waals surface area contributed by atoms with Gasteiger partial charge in [-0.25, -0.2) is 4.39 Å². The molecule has 0 aliphatic carbocycles. The molecule has 1 rings (SSSR count). The highest BCUT2D eigenvalue weighted by Crippen LogP contribution is 2.24. The maximum Gasteiger partial charge on any atom is 0.126 e. The van der Waals surface area contributed by atoms with Crippen LogP contribution in [-0.4, -0.2) is 11.7 Å². The van der Waals surface area contributed by atoms with Crippen LogP contribution in [0.1, 0.15) is 25.0 Å². The first-order valence-electron chi connectivity index (χ1n) is 4.70.